The summed E-state index contributed by atoms with van der Waals surface area (Å²) in [6, 6.07) is 16.6. The Bertz CT molecular complexity index is 1270. The zero-order valence-electron chi connectivity index (χ0n) is 16.1. The van der Waals surface area contributed by atoms with E-state index in [4.69, 9.17) is 11.6 Å². The number of amides is 1. The summed E-state index contributed by atoms with van der Waals surface area (Å²) in [6.45, 7) is 2.07. The first kappa shape index (κ1) is 20.7. The maximum absolute atomic E-state index is 13.1. The fraction of sp³-hybridized carbons (Fsp3) is 0.136. The molecule has 0 bridgehead atoms. The summed E-state index contributed by atoms with van der Waals surface area (Å²) in [5.41, 5.74) is 3.05. The Morgan fingerprint density at radius 2 is 2.00 bits per heavy atom. The van der Waals surface area contributed by atoms with Gasteiger partial charge in [-0.15, -0.1) is 11.3 Å². The lowest BCUT2D eigenvalue weighted by Gasteiger charge is -2.12. The number of fused-ring (bicyclic) bond motifs is 1. The first-order valence-corrected chi connectivity index (χ1v) is 11.6. The van der Waals surface area contributed by atoms with Crippen molar-refractivity contribution in [3.8, 4) is 5.69 Å². The molecule has 1 N–H and O–H groups in total. The van der Waals surface area contributed by atoms with Crippen LogP contribution in [-0.4, -0.2) is 21.2 Å². The number of anilines is 1. The van der Waals surface area contributed by atoms with Crippen molar-refractivity contribution < 1.29 is 4.79 Å². The van der Waals surface area contributed by atoms with Crippen molar-refractivity contribution in [3.63, 3.8) is 0 Å². The average molecular weight is 456 g/mol. The third kappa shape index (κ3) is 4.43. The van der Waals surface area contributed by atoms with Gasteiger partial charge in [-0.1, -0.05) is 42.4 Å². The molecule has 0 unspecified atom stereocenters. The van der Waals surface area contributed by atoms with E-state index in [1.165, 1.54) is 27.7 Å². The smallest absolute Gasteiger partial charge is 0.276 e. The molecule has 0 aliphatic rings. The summed E-state index contributed by atoms with van der Waals surface area (Å²) in [5, 5.41) is 5.80. The van der Waals surface area contributed by atoms with Crippen LogP contribution in [-0.2, 0) is 11.2 Å². The van der Waals surface area contributed by atoms with E-state index >= 15 is 0 Å². The maximum Gasteiger partial charge on any atom is 0.276 e. The molecule has 8 heteroatoms. The molecule has 4 aromatic rings. The topological polar surface area (TPSA) is 64.0 Å². The standard InChI is InChI=1S/C22H18ClN3O2S2/c1-2-14-4-3-5-16(12-14)24-19(27)13-30-22-25-18-10-11-29-20(18)21(28)26(22)17-8-6-15(23)7-9-17/h3-12H,2,13H2,1H3,(H,24,27). The molecule has 2 aromatic heterocycles. The number of carbonyl (C=O) groups is 1. The van der Waals surface area contributed by atoms with Gasteiger partial charge < -0.3 is 5.32 Å². The van der Waals surface area contributed by atoms with Crippen molar-refractivity contribution in [2.45, 2.75) is 18.5 Å². The average Bonchev–Trinajstić information content (AvgIpc) is 3.22. The molecule has 0 aliphatic carbocycles. The van der Waals surface area contributed by atoms with Gasteiger partial charge in [-0.25, -0.2) is 4.98 Å². The van der Waals surface area contributed by atoms with Crippen LogP contribution in [0, 0.1) is 0 Å². The molecule has 152 valence electrons. The highest BCUT2D eigenvalue weighted by molar-refractivity contribution is 7.99. The van der Waals surface area contributed by atoms with E-state index in [0.717, 1.165) is 17.7 Å². The van der Waals surface area contributed by atoms with Gasteiger partial charge in [0, 0.05) is 10.7 Å². The minimum Gasteiger partial charge on any atom is -0.325 e. The van der Waals surface area contributed by atoms with Gasteiger partial charge in [0.05, 0.1) is 17.0 Å². The number of hydrogen-bond donors (Lipinski definition) is 1. The minimum atomic E-state index is -0.157. The Morgan fingerprint density at radius 3 is 2.77 bits per heavy atom. The van der Waals surface area contributed by atoms with Crippen LogP contribution in [0.5, 0.6) is 0 Å². The number of aryl methyl sites for hydroxylation is 1. The summed E-state index contributed by atoms with van der Waals surface area (Å²) in [4.78, 5) is 30.2. The maximum atomic E-state index is 13.1. The second kappa shape index (κ2) is 9.04. The molecule has 0 aliphatic heterocycles. The van der Waals surface area contributed by atoms with E-state index in [9.17, 15) is 9.59 Å². The van der Waals surface area contributed by atoms with E-state index < -0.39 is 0 Å². The second-order valence-corrected chi connectivity index (χ2v) is 8.83. The van der Waals surface area contributed by atoms with Crippen molar-refractivity contribution in [2.24, 2.45) is 0 Å². The van der Waals surface area contributed by atoms with E-state index in [-0.39, 0.29) is 17.2 Å². The molecular formula is C22H18ClN3O2S2. The third-order valence-corrected chi connectivity index (χ3v) is 6.57. The number of nitrogens with zero attached hydrogens (tertiary/aromatic N) is 2. The molecule has 0 radical (unpaired) electrons. The zero-order valence-corrected chi connectivity index (χ0v) is 18.5. The van der Waals surface area contributed by atoms with Crippen LogP contribution in [0.15, 0.2) is 69.9 Å². The number of benzene rings is 2. The summed E-state index contributed by atoms with van der Waals surface area (Å²) in [7, 11) is 0. The monoisotopic (exact) mass is 455 g/mol. The van der Waals surface area contributed by atoms with Crippen molar-refractivity contribution in [1.82, 2.24) is 9.55 Å². The summed E-state index contributed by atoms with van der Waals surface area (Å²) in [5.74, 6) is -0.0259. The number of nitrogens with one attached hydrogen (secondary N) is 1. The molecule has 0 spiro atoms. The molecule has 0 saturated heterocycles. The van der Waals surface area contributed by atoms with Gasteiger partial charge in [-0.2, -0.15) is 0 Å². The molecule has 1 amide bonds. The molecule has 30 heavy (non-hydrogen) atoms. The zero-order chi connectivity index (χ0) is 21.1. The number of carbonyl (C=O) groups excluding carboxylic acids is 1. The number of halogens is 1. The number of hydrogen-bond acceptors (Lipinski definition) is 5. The Hall–Kier alpha value is -2.61. The predicted octanol–water partition coefficient (Wildman–Crippen LogP) is 5.39. The Balaban J connectivity index is 1.61. The van der Waals surface area contributed by atoms with Crippen LogP contribution < -0.4 is 10.9 Å². The number of rotatable bonds is 6. The lowest BCUT2D eigenvalue weighted by Crippen LogP contribution is -2.22. The highest BCUT2D eigenvalue weighted by Gasteiger charge is 2.16. The van der Waals surface area contributed by atoms with E-state index in [1.54, 1.807) is 24.3 Å². The van der Waals surface area contributed by atoms with Crippen LogP contribution in [0.25, 0.3) is 15.9 Å². The van der Waals surface area contributed by atoms with E-state index in [2.05, 4.69) is 17.2 Å². The fourth-order valence-corrected chi connectivity index (χ4v) is 4.70. The van der Waals surface area contributed by atoms with Gasteiger partial charge in [0.15, 0.2) is 5.16 Å². The van der Waals surface area contributed by atoms with Crippen LogP contribution in [0.3, 0.4) is 0 Å². The van der Waals surface area contributed by atoms with E-state index in [0.29, 0.717) is 26.1 Å². The van der Waals surface area contributed by atoms with Gasteiger partial charge in [-0.05, 0) is 59.8 Å². The third-order valence-electron chi connectivity index (χ3n) is 4.49. The van der Waals surface area contributed by atoms with Crippen molar-refractivity contribution in [1.29, 1.82) is 0 Å². The molecule has 0 atom stereocenters. The van der Waals surface area contributed by atoms with Gasteiger partial charge in [0.25, 0.3) is 5.56 Å². The Labute approximate surface area is 186 Å². The van der Waals surface area contributed by atoms with Gasteiger partial charge >= 0.3 is 0 Å². The van der Waals surface area contributed by atoms with Gasteiger partial charge in [-0.3, -0.25) is 14.2 Å². The quantitative estimate of drug-likeness (QED) is 0.312. The van der Waals surface area contributed by atoms with Crippen LogP contribution >= 0.6 is 34.7 Å². The molecule has 0 fully saturated rings. The summed E-state index contributed by atoms with van der Waals surface area (Å²) in [6.07, 6.45) is 0.899. The highest BCUT2D eigenvalue weighted by Crippen LogP contribution is 2.24. The first-order chi connectivity index (χ1) is 14.5. The highest BCUT2D eigenvalue weighted by atomic mass is 35.5. The van der Waals surface area contributed by atoms with Gasteiger partial charge in [0.2, 0.25) is 5.91 Å². The minimum absolute atomic E-state index is 0.131. The SMILES string of the molecule is CCc1cccc(NC(=O)CSc2nc3ccsc3c(=O)n2-c2ccc(Cl)cc2)c1. The van der Waals surface area contributed by atoms with Crippen molar-refractivity contribution >= 4 is 56.5 Å². The largest absolute Gasteiger partial charge is 0.325 e. The Kier molecular flexibility index (Phi) is 6.22. The van der Waals surface area contributed by atoms with Crippen molar-refractivity contribution in [2.75, 3.05) is 11.1 Å². The number of thioether (sulfide) groups is 1. The number of aromatic nitrogens is 2. The molecule has 4 rings (SSSR count). The number of thiophene rings is 1. The van der Waals surface area contributed by atoms with Crippen molar-refractivity contribution in [3.05, 3.63) is 80.9 Å². The van der Waals surface area contributed by atoms with Crippen LogP contribution in [0.4, 0.5) is 5.69 Å². The van der Waals surface area contributed by atoms with Crippen LogP contribution in [0.2, 0.25) is 5.02 Å². The molecule has 0 saturated carbocycles. The molecule has 2 aromatic carbocycles. The Morgan fingerprint density at radius 1 is 1.20 bits per heavy atom. The molecule has 2 heterocycles. The second-order valence-electron chi connectivity index (χ2n) is 6.54. The summed E-state index contributed by atoms with van der Waals surface area (Å²) < 4.78 is 2.11. The predicted molar refractivity (Wildman–Crippen MR) is 125 cm³/mol. The van der Waals surface area contributed by atoms with Gasteiger partial charge in [0.1, 0.15) is 4.70 Å². The first-order valence-electron chi connectivity index (χ1n) is 9.33. The lowest BCUT2D eigenvalue weighted by atomic mass is 10.1. The fourth-order valence-electron chi connectivity index (χ4n) is 3.00. The normalized spacial score (nSPS) is 11.0. The van der Waals surface area contributed by atoms with E-state index in [1.807, 2.05) is 35.7 Å². The molecule has 5 nitrogen and oxygen atoms in total. The lowest BCUT2D eigenvalue weighted by molar-refractivity contribution is -0.113. The van der Waals surface area contributed by atoms with Crippen LogP contribution in [0.1, 0.15) is 12.5 Å². The summed E-state index contributed by atoms with van der Waals surface area (Å²) >= 11 is 8.58. The molecular weight excluding hydrogens is 438 g/mol.